The average Bonchev–Trinajstić information content (AvgIpc) is 2.86. The number of ether oxygens (including phenoxy) is 2. The molecule has 19 heavy (non-hydrogen) atoms. The summed E-state index contributed by atoms with van der Waals surface area (Å²) in [5.41, 5.74) is 6.11. The van der Waals surface area contributed by atoms with Gasteiger partial charge in [-0.1, -0.05) is 5.10 Å². The Labute approximate surface area is 110 Å². The summed E-state index contributed by atoms with van der Waals surface area (Å²) in [6.07, 6.45) is 0.546. The van der Waals surface area contributed by atoms with Crippen LogP contribution in [0.5, 0.6) is 11.5 Å². The number of anilines is 2. The van der Waals surface area contributed by atoms with Crippen LogP contribution in [0.4, 0.5) is 11.7 Å². The van der Waals surface area contributed by atoms with Crippen LogP contribution >= 0.6 is 0 Å². The Balaban J connectivity index is 2.20. The molecule has 102 valence electrons. The molecule has 0 unspecified atom stereocenters. The van der Waals surface area contributed by atoms with E-state index in [0.717, 1.165) is 0 Å². The maximum Gasteiger partial charge on any atom is 0.320 e. The van der Waals surface area contributed by atoms with Crippen LogP contribution < -0.4 is 20.5 Å². The van der Waals surface area contributed by atoms with Crippen LogP contribution in [-0.2, 0) is 6.42 Å². The molecule has 0 aliphatic rings. The molecular formula is C12H16N4O3. The van der Waals surface area contributed by atoms with Gasteiger partial charge in [-0.05, 0) is 12.1 Å². The lowest BCUT2D eigenvalue weighted by molar-refractivity contribution is 0.404. The number of aromatic nitrogens is 2. The van der Waals surface area contributed by atoms with Crippen molar-refractivity contribution in [2.45, 2.75) is 6.42 Å². The van der Waals surface area contributed by atoms with Crippen molar-refractivity contribution in [1.82, 2.24) is 10.2 Å². The predicted molar refractivity (Wildman–Crippen MR) is 69.9 cm³/mol. The SMILES string of the molecule is COc1ccc(OC)c(Nc2nnc(CCN)o2)c1. The molecule has 0 amide bonds. The minimum absolute atomic E-state index is 0.287. The Hall–Kier alpha value is -2.28. The van der Waals surface area contributed by atoms with Crippen molar-refractivity contribution >= 4 is 11.7 Å². The molecule has 3 N–H and O–H groups in total. The van der Waals surface area contributed by atoms with Crippen LogP contribution in [0.15, 0.2) is 22.6 Å². The lowest BCUT2D eigenvalue weighted by atomic mass is 10.2. The second-order valence-electron chi connectivity index (χ2n) is 3.73. The number of rotatable bonds is 6. The summed E-state index contributed by atoms with van der Waals surface area (Å²) in [6.45, 7) is 0.462. The molecule has 1 aromatic heterocycles. The first-order valence-electron chi connectivity index (χ1n) is 5.78. The van der Waals surface area contributed by atoms with Gasteiger partial charge in [0.25, 0.3) is 0 Å². The molecule has 0 spiro atoms. The molecule has 2 aromatic rings. The zero-order valence-electron chi connectivity index (χ0n) is 10.8. The Morgan fingerprint density at radius 3 is 2.79 bits per heavy atom. The average molecular weight is 264 g/mol. The fraction of sp³-hybridized carbons (Fsp3) is 0.333. The van der Waals surface area contributed by atoms with Gasteiger partial charge in [-0.15, -0.1) is 5.10 Å². The van der Waals surface area contributed by atoms with Crippen LogP contribution in [-0.4, -0.2) is 31.0 Å². The van der Waals surface area contributed by atoms with E-state index in [1.807, 2.05) is 0 Å². The fourth-order valence-corrected chi connectivity index (χ4v) is 1.56. The minimum atomic E-state index is 0.287. The van der Waals surface area contributed by atoms with Crippen molar-refractivity contribution in [3.63, 3.8) is 0 Å². The van der Waals surface area contributed by atoms with E-state index in [-0.39, 0.29) is 6.01 Å². The summed E-state index contributed by atoms with van der Waals surface area (Å²) >= 11 is 0. The first kappa shape index (κ1) is 13.2. The van der Waals surface area contributed by atoms with E-state index in [1.165, 1.54) is 0 Å². The smallest absolute Gasteiger partial charge is 0.320 e. The Morgan fingerprint density at radius 1 is 1.26 bits per heavy atom. The van der Waals surface area contributed by atoms with Crippen molar-refractivity contribution in [1.29, 1.82) is 0 Å². The van der Waals surface area contributed by atoms with E-state index in [9.17, 15) is 0 Å². The number of nitrogens with one attached hydrogen (secondary N) is 1. The quantitative estimate of drug-likeness (QED) is 0.812. The van der Waals surface area contributed by atoms with Gasteiger partial charge in [0.2, 0.25) is 5.89 Å². The third kappa shape index (κ3) is 3.14. The van der Waals surface area contributed by atoms with Crippen molar-refractivity contribution < 1.29 is 13.9 Å². The highest BCUT2D eigenvalue weighted by Crippen LogP contribution is 2.31. The predicted octanol–water partition coefficient (Wildman–Crippen LogP) is 1.33. The van der Waals surface area contributed by atoms with Gasteiger partial charge in [0, 0.05) is 19.0 Å². The zero-order chi connectivity index (χ0) is 13.7. The lowest BCUT2D eigenvalue weighted by Gasteiger charge is -2.09. The van der Waals surface area contributed by atoms with Crippen molar-refractivity contribution in [3.05, 3.63) is 24.1 Å². The van der Waals surface area contributed by atoms with Crippen LogP contribution in [0.3, 0.4) is 0 Å². The molecule has 1 heterocycles. The lowest BCUT2D eigenvalue weighted by Crippen LogP contribution is -2.02. The van der Waals surface area contributed by atoms with Gasteiger partial charge in [0.15, 0.2) is 0 Å². The van der Waals surface area contributed by atoms with Crippen molar-refractivity contribution in [2.24, 2.45) is 5.73 Å². The number of hydrogen-bond donors (Lipinski definition) is 2. The number of nitrogens with zero attached hydrogens (tertiary/aromatic N) is 2. The van der Waals surface area contributed by atoms with Gasteiger partial charge in [-0.25, -0.2) is 0 Å². The van der Waals surface area contributed by atoms with E-state index < -0.39 is 0 Å². The molecule has 0 saturated carbocycles. The summed E-state index contributed by atoms with van der Waals surface area (Å²) in [5.74, 6) is 1.84. The molecule has 0 bridgehead atoms. The van der Waals surface area contributed by atoms with E-state index in [1.54, 1.807) is 32.4 Å². The number of nitrogens with two attached hydrogens (primary N) is 1. The normalized spacial score (nSPS) is 10.3. The minimum Gasteiger partial charge on any atom is -0.497 e. The second kappa shape index (κ2) is 6.05. The molecule has 0 saturated heterocycles. The standard InChI is InChI=1S/C12H16N4O3/c1-17-8-3-4-10(18-2)9(7-8)14-12-16-15-11(19-12)5-6-13/h3-4,7H,5-6,13H2,1-2H3,(H,14,16). The highest BCUT2D eigenvalue weighted by atomic mass is 16.5. The van der Waals surface area contributed by atoms with Crippen LogP contribution in [0, 0.1) is 0 Å². The van der Waals surface area contributed by atoms with Crippen molar-refractivity contribution in [3.8, 4) is 11.5 Å². The van der Waals surface area contributed by atoms with Gasteiger partial charge in [0.1, 0.15) is 11.5 Å². The highest BCUT2D eigenvalue weighted by Gasteiger charge is 2.10. The molecule has 7 heteroatoms. The first-order valence-corrected chi connectivity index (χ1v) is 5.78. The molecule has 0 aliphatic heterocycles. The molecule has 0 fully saturated rings. The molecule has 0 aliphatic carbocycles. The zero-order valence-corrected chi connectivity index (χ0v) is 10.8. The fourth-order valence-electron chi connectivity index (χ4n) is 1.56. The maximum atomic E-state index is 5.42. The van der Waals surface area contributed by atoms with E-state index in [2.05, 4.69) is 15.5 Å². The molecule has 0 atom stereocenters. The number of benzene rings is 1. The van der Waals surface area contributed by atoms with Gasteiger partial charge >= 0.3 is 6.01 Å². The van der Waals surface area contributed by atoms with Crippen molar-refractivity contribution in [2.75, 3.05) is 26.1 Å². The maximum absolute atomic E-state index is 5.42. The van der Waals surface area contributed by atoms with Gasteiger partial charge in [-0.2, -0.15) is 0 Å². The molecular weight excluding hydrogens is 248 g/mol. The van der Waals surface area contributed by atoms with E-state index >= 15 is 0 Å². The van der Waals surface area contributed by atoms with E-state index in [0.29, 0.717) is 36.0 Å². The van der Waals surface area contributed by atoms with Crippen LogP contribution in [0.25, 0.3) is 0 Å². The van der Waals surface area contributed by atoms with Crippen LogP contribution in [0.1, 0.15) is 5.89 Å². The summed E-state index contributed by atoms with van der Waals surface area (Å²) in [6, 6.07) is 5.66. The highest BCUT2D eigenvalue weighted by molar-refractivity contribution is 5.64. The Kier molecular flexibility index (Phi) is 4.19. The Bertz CT molecular complexity index is 542. The van der Waals surface area contributed by atoms with Gasteiger partial charge in [0.05, 0.1) is 19.9 Å². The largest absolute Gasteiger partial charge is 0.497 e. The van der Waals surface area contributed by atoms with Crippen LogP contribution in [0.2, 0.25) is 0 Å². The molecule has 2 rings (SSSR count). The number of hydrogen-bond acceptors (Lipinski definition) is 7. The third-order valence-corrected chi connectivity index (χ3v) is 2.47. The third-order valence-electron chi connectivity index (χ3n) is 2.47. The van der Waals surface area contributed by atoms with Gasteiger partial charge < -0.3 is 24.9 Å². The molecule has 0 radical (unpaired) electrons. The summed E-state index contributed by atoms with van der Waals surface area (Å²) in [5, 5.41) is 10.7. The van der Waals surface area contributed by atoms with E-state index in [4.69, 9.17) is 19.6 Å². The first-order chi connectivity index (χ1) is 9.26. The topological polar surface area (TPSA) is 95.4 Å². The monoisotopic (exact) mass is 264 g/mol. The second-order valence-corrected chi connectivity index (χ2v) is 3.73. The Morgan fingerprint density at radius 2 is 2.11 bits per heavy atom. The molecule has 1 aromatic carbocycles. The summed E-state index contributed by atoms with van der Waals surface area (Å²) in [7, 11) is 3.18. The van der Waals surface area contributed by atoms with Gasteiger partial charge in [-0.3, -0.25) is 0 Å². The summed E-state index contributed by atoms with van der Waals surface area (Å²) < 4.78 is 15.8. The number of methoxy groups -OCH3 is 2. The summed E-state index contributed by atoms with van der Waals surface area (Å²) in [4.78, 5) is 0. The molecule has 7 nitrogen and oxygen atoms in total.